The van der Waals surface area contributed by atoms with Crippen molar-refractivity contribution in [2.75, 3.05) is 6.61 Å². The fourth-order valence-electron chi connectivity index (χ4n) is 0.511. The molecule has 1 atom stereocenters. The molecule has 1 fully saturated rings. The molecule has 1 aliphatic rings. The topological polar surface area (TPSA) is 65.3 Å². The van der Waals surface area contributed by atoms with Crippen LogP contribution in [0.5, 0.6) is 0 Å². The highest BCUT2D eigenvalue weighted by Gasteiger charge is 2.32. The molecular weight excluding hydrogens is 162 g/mol. The van der Waals surface area contributed by atoms with Crippen LogP contribution in [0.15, 0.2) is 15.3 Å². The van der Waals surface area contributed by atoms with Gasteiger partial charge in [-0.1, -0.05) is 4.94 Å². The van der Waals surface area contributed by atoms with Crippen LogP contribution in [0.2, 0.25) is 0 Å². The molecule has 7 nitrogen and oxygen atoms in total. The monoisotopic (exact) mass is 171 g/mol. The fraction of sp³-hybridized carbons (Fsp3) is 0.400. The summed E-state index contributed by atoms with van der Waals surface area (Å²) in [5.41, 5.74) is 0. The summed E-state index contributed by atoms with van der Waals surface area (Å²) in [6.07, 6.45) is -0.214. The fourth-order valence-corrected chi connectivity index (χ4v) is 0.511. The molecule has 0 aromatic heterocycles. The third-order valence-electron chi connectivity index (χ3n) is 1.10. The number of ether oxygens (including phenoxy) is 1. The van der Waals surface area contributed by atoms with Crippen molar-refractivity contribution in [2.24, 2.45) is 15.3 Å². The standard InChI is InChI=1S/C5H9N5O2/c1-6-9(5-4-11-5)12-10(7-2)8-3/h5H,1-4H2. The molecular formula is C5H9N5O2. The summed E-state index contributed by atoms with van der Waals surface area (Å²) in [4.78, 5) is 4.88. The summed E-state index contributed by atoms with van der Waals surface area (Å²) in [5, 5.41) is 12.1. The van der Waals surface area contributed by atoms with Gasteiger partial charge in [0.05, 0.1) is 6.61 Å². The lowest BCUT2D eigenvalue weighted by Crippen LogP contribution is -2.27. The van der Waals surface area contributed by atoms with Crippen molar-refractivity contribution >= 4 is 20.2 Å². The summed E-state index contributed by atoms with van der Waals surface area (Å²) in [6.45, 7) is 10.2. The summed E-state index contributed by atoms with van der Waals surface area (Å²) in [6, 6.07) is 0. The highest BCUT2D eigenvalue weighted by molar-refractivity contribution is 5.24. The molecule has 12 heavy (non-hydrogen) atoms. The van der Waals surface area contributed by atoms with Crippen molar-refractivity contribution in [1.82, 2.24) is 10.5 Å². The molecule has 66 valence electrons. The first-order valence-electron chi connectivity index (χ1n) is 3.10. The lowest BCUT2D eigenvalue weighted by molar-refractivity contribution is -0.339. The molecule has 1 aliphatic heterocycles. The second-order valence-electron chi connectivity index (χ2n) is 1.85. The average Bonchev–Trinajstić information content (AvgIpc) is 2.90. The number of hydrazone groups is 3. The Bertz CT molecular complexity index is 184. The third kappa shape index (κ3) is 2.01. The lowest BCUT2D eigenvalue weighted by atomic mass is 10.8. The van der Waals surface area contributed by atoms with Crippen molar-refractivity contribution in [3.63, 3.8) is 0 Å². The second kappa shape index (κ2) is 3.79. The number of hydroxylamine groups is 1. The second-order valence-corrected chi connectivity index (χ2v) is 1.85. The van der Waals surface area contributed by atoms with E-state index in [4.69, 9.17) is 9.68 Å². The predicted octanol–water partition coefficient (Wildman–Crippen LogP) is -0.360. The van der Waals surface area contributed by atoms with Crippen LogP contribution in [0.4, 0.5) is 0 Å². The summed E-state index contributed by atoms with van der Waals surface area (Å²) < 4.78 is 4.87. The van der Waals surface area contributed by atoms with Crippen LogP contribution < -0.4 is 0 Å². The molecule has 0 bridgehead atoms. The Labute approximate surface area is 69.4 Å². The Morgan fingerprint density at radius 1 is 1.25 bits per heavy atom. The van der Waals surface area contributed by atoms with Gasteiger partial charge in [0.2, 0.25) is 0 Å². The van der Waals surface area contributed by atoms with Crippen LogP contribution in [0.25, 0.3) is 0 Å². The van der Waals surface area contributed by atoms with Crippen molar-refractivity contribution < 1.29 is 9.68 Å². The van der Waals surface area contributed by atoms with Gasteiger partial charge in [-0.15, -0.1) is 15.4 Å². The van der Waals surface area contributed by atoms with Crippen LogP contribution in [0, 0.1) is 0 Å². The van der Waals surface area contributed by atoms with E-state index in [1.54, 1.807) is 0 Å². The van der Waals surface area contributed by atoms with E-state index >= 15 is 0 Å². The number of hydrogen-bond donors (Lipinski definition) is 0. The van der Waals surface area contributed by atoms with Gasteiger partial charge in [-0.2, -0.15) is 5.10 Å². The van der Waals surface area contributed by atoms with E-state index in [1.165, 1.54) is 0 Å². The van der Waals surface area contributed by atoms with Crippen molar-refractivity contribution in [1.29, 1.82) is 0 Å². The molecule has 0 radical (unpaired) electrons. The number of hydrogen-bond acceptors (Lipinski definition) is 7. The highest BCUT2D eigenvalue weighted by atomic mass is 16.9. The molecule has 0 N–H and O–H groups in total. The van der Waals surface area contributed by atoms with E-state index in [0.717, 1.165) is 10.5 Å². The molecule has 7 heteroatoms. The first-order valence-corrected chi connectivity index (χ1v) is 3.10. The first kappa shape index (κ1) is 8.62. The summed E-state index contributed by atoms with van der Waals surface area (Å²) in [5.74, 6) is 0. The smallest absolute Gasteiger partial charge is 0.199 e. The Morgan fingerprint density at radius 3 is 2.17 bits per heavy atom. The van der Waals surface area contributed by atoms with Gasteiger partial charge in [0.25, 0.3) is 0 Å². The molecule has 0 saturated carbocycles. The van der Waals surface area contributed by atoms with E-state index < -0.39 is 0 Å². The van der Waals surface area contributed by atoms with Crippen molar-refractivity contribution in [3.8, 4) is 0 Å². The molecule has 0 aliphatic carbocycles. The zero-order valence-electron chi connectivity index (χ0n) is 6.46. The van der Waals surface area contributed by atoms with Crippen molar-refractivity contribution in [3.05, 3.63) is 0 Å². The maximum absolute atomic E-state index is 4.88. The van der Waals surface area contributed by atoms with E-state index in [9.17, 15) is 0 Å². The maximum atomic E-state index is 4.88. The van der Waals surface area contributed by atoms with E-state index in [0.29, 0.717) is 6.61 Å². The number of nitrogens with zero attached hydrogens (tertiary/aromatic N) is 5. The van der Waals surface area contributed by atoms with E-state index in [1.807, 2.05) is 0 Å². The van der Waals surface area contributed by atoms with E-state index in [2.05, 4.69) is 35.5 Å². The molecule has 0 amide bonds. The van der Waals surface area contributed by atoms with Gasteiger partial charge in [-0.05, 0) is 5.28 Å². The van der Waals surface area contributed by atoms with Gasteiger partial charge >= 0.3 is 0 Å². The Hall–Kier alpha value is -1.47. The van der Waals surface area contributed by atoms with E-state index in [-0.39, 0.29) is 6.23 Å². The molecule has 1 unspecified atom stereocenters. The Kier molecular flexibility index (Phi) is 2.72. The van der Waals surface area contributed by atoms with Gasteiger partial charge in [0, 0.05) is 20.2 Å². The minimum absolute atomic E-state index is 0.214. The Balaban J connectivity index is 2.38. The minimum Gasteiger partial charge on any atom is -0.347 e. The van der Waals surface area contributed by atoms with Gasteiger partial charge in [0.1, 0.15) is 0 Å². The van der Waals surface area contributed by atoms with Gasteiger partial charge in [-0.3, -0.25) is 0 Å². The van der Waals surface area contributed by atoms with Crippen LogP contribution >= 0.6 is 0 Å². The molecule has 1 rings (SSSR count). The molecule has 0 aromatic rings. The van der Waals surface area contributed by atoms with Crippen molar-refractivity contribution in [2.45, 2.75) is 6.23 Å². The summed E-state index contributed by atoms with van der Waals surface area (Å²) in [7, 11) is 0. The molecule has 0 spiro atoms. The largest absolute Gasteiger partial charge is 0.347 e. The van der Waals surface area contributed by atoms with Crippen LogP contribution in [-0.4, -0.2) is 43.4 Å². The van der Waals surface area contributed by atoms with Crippen LogP contribution in [-0.2, 0) is 9.68 Å². The zero-order chi connectivity index (χ0) is 8.97. The Morgan fingerprint density at radius 2 is 1.83 bits per heavy atom. The van der Waals surface area contributed by atoms with Gasteiger partial charge < -0.3 is 4.74 Å². The van der Waals surface area contributed by atoms with Gasteiger partial charge in [-0.25, -0.2) is 0 Å². The molecule has 1 saturated heterocycles. The first-order chi connectivity index (χ1) is 5.81. The van der Waals surface area contributed by atoms with Crippen LogP contribution in [0.1, 0.15) is 0 Å². The maximum Gasteiger partial charge on any atom is 0.199 e. The van der Waals surface area contributed by atoms with Gasteiger partial charge in [0.15, 0.2) is 6.23 Å². The lowest BCUT2D eigenvalue weighted by Gasteiger charge is -2.17. The quantitative estimate of drug-likeness (QED) is 0.311. The average molecular weight is 171 g/mol. The minimum atomic E-state index is -0.214. The molecule has 0 aromatic carbocycles. The third-order valence-corrected chi connectivity index (χ3v) is 1.10. The summed E-state index contributed by atoms with van der Waals surface area (Å²) >= 11 is 0. The zero-order valence-corrected chi connectivity index (χ0v) is 6.46. The molecule has 1 heterocycles. The normalized spacial score (nSPS) is 19.5. The number of epoxide rings is 1. The highest BCUT2D eigenvalue weighted by Crippen LogP contribution is 2.16. The SMILES string of the molecule is C=NN(N=C)ON(N=C)C1CO1. The number of rotatable bonds is 6. The predicted molar refractivity (Wildman–Crippen MR) is 43.2 cm³/mol. The van der Waals surface area contributed by atoms with Crippen LogP contribution in [0.3, 0.4) is 0 Å².